The average molecular weight is 141 g/mol. The van der Waals surface area contributed by atoms with Crippen LogP contribution in [0.25, 0.3) is 0 Å². The van der Waals surface area contributed by atoms with Crippen molar-refractivity contribution in [3.8, 4) is 0 Å². The van der Waals surface area contributed by atoms with E-state index in [4.69, 9.17) is 12.6 Å². The van der Waals surface area contributed by atoms with E-state index in [1.807, 2.05) is 0 Å². The molecule has 2 nitrogen and oxygen atoms in total. The van der Waals surface area contributed by atoms with Gasteiger partial charge in [0, 0.05) is 16.4 Å². The first kappa shape index (κ1) is 3.01. The first-order valence-electron chi connectivity index (χ1n) is 5.46. The summed E-state index contributed by atoms with van der Waals surface area (Å²) in [4.78, 5) is 3.93. The molecule has 0 saturated carbocycles. The maximum absolute atomic E-state index is 7.59. The summed E-state index contributed by atoms with van der Waals surface area (Å²) in [5.41, 5.74) is 5.68. The number of pyridine rings is 1. The molecule has 1 aromatic heterocycles. The van der Waals surface area contributed by atoms with Crippen LogP contribution in [0.3, 0.4) is 0 Å². The molecule has 2 heteroatoms. The van der Waals surface area contributed by atoms with Crippen molar-refractivity contribution >= 4 is 0 Å². The summed E-state index contributed by atoms with van der Waals surface area (Å²) in [6.07, 6.45) is 0. The summed E-state index contributed by atoms with van der Waals surface area (Å²) < 4.78 is 36.8. The summed E-state index contributed by atoms with van der Waals surface area (Å²) in [6.45, 7) is -0.859. The predicted molar refractivity (Wildman–Crippen MR) is 41.6 cm³/mol. The van der Waals surface area contributed by atoms with Crippen molar-refractivity contribution in [2.75, 3.05) is 0 Å². The van der Waals surface area contributed by atoms with Crippen LogP contribution in [-0.2, 0) is 6.54 Å². The van der Waals surface area contributed by atoms with E-state index < -0.39 is 6.85 Å². The van der Waals surface area contributed by atoms with Gasteiger partial charge >= 0.3 is 0 Å². The summed E-state index contributed by atoms with van der Waals surface area (Å²) >= 11 is 0. The normalized spacial score (nSPS) is 18.4. The highest BCUT2D eigenvalue weighted by Gasteiger charge is 1.93. The summed E-state index contributed by atoms with van der Waals surface area (Å²) in [7, 11) is 0. The fourth-order valence-corrected chi connectivity index (χ4v) is 0.608. The lowest BCUT2D eigenvalue weighted by Crippen LogP contribution is -2.00. The fraction of sp³-hybridized carbons (Fsp3) is 0.375. The molecule has 54 valence electrons. The van der Waals surface area contributed by atoms with Gasteiger partial charge in [0.2, 0.25) is 0 Å². The van der Waals surface area contributed by atoms with E-state index >= 15 is 0 Å². The van der Waals surface area contributed by atoms with E-state index in [-0.39, 0.29) is 35.6 Å². The Morgan fingerprint density at radius 2 is 2.60 bits per heavy atom. The topological polar surface area (TPSA) is 38.9 Å². The van der Waals surface area contributed by atoms with Crippen LogP contribution in [0.4, 0.5) is 0 Å². The van der Waals surface area contributed by atoms with E-state index in [9.17, 15) is 0 Å². The van der Waals surface area contributed by atoms with Crippen molar-refractivity contribution in [3.63, 3.8) is 0 Å². The molecule has 0 aliphatic carbocycles. The highest BCUT2D eigenvalue weighted by atomic mass is 14.7. The van der Waals surface area contributed by atoms with E-state index in [2.05, 4.69) is 4.98 Å². The quantitative estimate of drug-likeness (QED) is 0.637. The largest absolute Gasteiger partial charge is 0.325 e. The third kappa shape index (κ3) is 1.33. The number of hydrogen-bond acceptors (Lipinski definition) is 2. The Kier molecular flexibility index (Phi) is 0.841. The lowest BCUT2D eigenvalue weighted by Gasteiger charge is -2.00. The summed E-state index contributed by atoms with van der Waals surface area (Å²) in [5, 5.41) is 0. The van der Waals surface area contributed by atoms with Gasteiger partial charge in [-0.25, -0.2) is 0 Å². The van der Waals surface area contributed by atoms with Crippen LogP contribution in [0.2, 0.25) is 0 Å². The lowest BCUT2D eigenvalue weighted by atomic mass is 10.2. The van der Waals surface area contributed by atoms with Crippen molar-refractivity contribution in [1.82, 2.24) is 4.98 Å². The molecule has 0 saturated heterocycles. The molecule has 0 spiro atoms. The highest BCUT2D eigenvalue weighted by Crippen LogP contribution is 2.03. The molecule has 0 aliphatic heterocycles. The number of rotatable bonds is 1. The SMILES string of the molecule is [2H]c1c(CN)nc(C)c(C([2H])([2H])[2H])c1[2H]. The molecule has 10 heavy (non-hydrogen) atoms. The molecule has 2 N–H and O–H groups in total. The van der Waals surface area contributed by atoms with Crippen molar-refractivity contribution in [2.45, 2.75) is 20.3 Å². The maximum atomic E-state index is 7.59. The van der Waals surface area contributed by atoms with E-state index in [0.717, 1.165) is 0 Å². The van der Waals surface area contributed by atoms with Gasteiger partial charge in [-0.3, -0.25) is 4.98 Å². The van der Waals surface area contributed by atoms with Gasteiger partial charge in [-0.15, -0.1) is 0 Å². The molecule has 0 radical (unpaired) electrons. The van der Waals surface area contributed by atoms with Crippen LogP contribution in [-0.4, -0.2) is 4.98 Å². The Hall–Kier alpha value is -0.890. The fourth-order valence-electron chi connectivity index (χ4n) is 0.608. The molecular formula is C8H12N2. The molecule has 0 fully saturated rings. The second-order valence-corrected chi connectivity index (χ2v) is 1.97. The van der Waals surface area contributed by atoms with Gasteiger partial charge in [0.25, 0.3) is 0 Å². The van der Waals surface area contributed by atoms with Gasteiger partial charge in [-0.1, -0.05) is 6.04 Å². The molecule has 0 atom stereocenters. The standard InChI is InChI=1S/C8H12N2/c1-6-3-4-8(5-9)10-7(6)2/h3-4H,5,9H2,1-2H3/i1D3,3D,4D. The van der Waals surface area contributed by atoms with Crippen LogP contribution in [0, 0.1) is 13.8 Å². The summed E-state index contributed by atoms with van der Waals surface area (Å²) in [5.74, 6) is 0. The molecule has 0 aliphatic rings. The minimum Gasteiger partial charge on any atom is -0.325 e. The number of aromatic nitrogens is 1. The minimum absolute atomic E-state index is 0.0346. The van der Waals surface area contributed by atoms with Crippen LogP contribution in [0.1, 0.15) is 23.8 Å². The first-order valence-corrected chi connectivity index (χ1v) is 2.96. The number of aryl methyl sites for hydroxylation is 1. The molecule has 0 bridgehead atoms. The third-order valence-corrected chi connectivity index (χ3v) is 1.19. The van der Waals surface area contributed by atoms with Crippen molar-refractivity contribution in [2.24, 2.45) is 5.73 Å². The maximum Gasteiger partial charge on any atom is 0.0643 e. The molecule has 0 unspecified atom stereocenters. The predicted octanol–water partition coefficient (Wildman–Crippen LogP) is 1.16. The van der Waals surface area contributed by atoms with E-state index in [1.54, 1.807) is 0 Å². The molecule has 1 aromatic rings. The molecule has 0 aromatic carbocycles. The zero-order chi connectivity index (χ0) is 11.8. The van der Waals surface area contributed by atoms with Gasteiger partial charge in [-0.2, -0.15) is 0 Å². The van der Waals surface area contributed by atoms with Gasteiger partial charge in [0.05, 0.1) is 8.44 Å². The molecule has 1 rings (SSSR count). The lowest BCUT2D eigenvalue weighted by molar-refractivity contribution is 0.960. The monoisotopic (exact) mass is 141 g/mol. The van der Waals surface area contributed by atoms with Crippen LogP contribution in [0.5, 0.6) is 0 Å². The first-order chi connectivity index (χ1) is 6.79. The van der Waals surface area contributed by atoms with Crippen molar-refractivity contribution in [3.05, 3.63) is 29.0 Å². The Morgan fingerprint density at radius 3 is 3.20 bits per heavy atom. The highest BCUT2D eigenvalue weighted by molar-refractivity contribution is 5.19. The smallest absolute Gasteiger partial charge is 0.0643 e. The summed E-state index contributed by atoms with van der Waals surface area (Å²) in [6, 6.07) is -0.503. The Bertz CT molecular complexity index is 386. The van der Waals surface area contributed by atoms with Crippen LogP contribution in [0.15, 0.2) is 12.1 Å². The van der Waals surface area contributed by atoms with Crippen molar-refractivity contribution in [1.29, 1.82) is 0 Å². The average Bonchev–Trinajstić information content (AvgIpc) is 2.09. The Morgan fingerprint density at radius 1 is 1.80 bits per heavy atom. The molecule has 0 amide bonds. The number of nitrogens with two attached hydrogens (primary N) is 1. The van der Waals surface area contributed by atoms with Gasteiger partial charge in [-0.05, 0) is 25.4 Å². The van der Waals surface area contributed by atoms with Crippen molar-refractivity contribution < 1.29 is 6.85 Å². The van der Waals surface area contributed by atoms with E-state index in [0.29, 0.717) is 0 Å². The Labute approximate surface area is 68.1 Å². The third-order valence-electron chi connectivity index (χ3n) is 1.19. The molecular weight excluding hydrogens is 124 g/mol. The van der Waals surface area contributed by atoms with Gasteiger partial charge < -0.3 is 5.73 Å². The van der Waals surface area contributed by atoms with Crippen LogP contribution >= 0.6 is 0 Å². The van der Waals surface area contributed by atoms with Gasteiger partial charge in [0.1, 0.15) is 0 Å². The Balaban J connectivity index is 3.50. The van der Waals surface area contributed by atoms with Gasteiger partial charge in [0.15, 0.2) is 0 Å². The zero-order valence-corrected chi connectivity index (χ0v) is 5.73. The van der Waals surface area contributed by atoms with E-state index in [1.165, 1.54) is 6.92 Å². The minimum atomic E-state index is -2.41. The second kappa shape index (κ2) is 2.80. The number of nitrogens with zero attached hydrogens (tertiary/aromatic N) is 1. The molecule has 1 heterocycles. The zero-order valence-electron chi connectivity index (χ0n) is 10.7. The van der Waals surface area contributed by atoms with Crippen LogP contribution < -0.4 is 5.73 Å². The second-order valence-electron chi connectivity index (χ2n) is 1.97. The number of hydrogen-bond donors (Lipinski definition) is 1.